The highest BCUT2D eigenvalue weighted by atomic mass is 31.1. The van der Waals surface area contributed by atoms with Crippen molar-refractivity contribution < 1.29 is 0 Å². The summed E-state index contributed by atoms with van der Waals surface area (Å²) in [7, 11) is -0.161. The minimum Gasteiger partial charge on any atom is -0.0530 e. The van der Waals surface area contributed by atoms with Crippen LogP contribution >= 0.6 is 7.92 Å². The SMILES string of the molecule is CC(C)(C)[PH+](C1CCCCC1)C1CCCCC1. The van der Waals surface area contributed by atoms with Crippen molar-refractivity contribution in [1.29, 1.82) is 0 Å². The molecule has 0 atom stereocenters. The van der Waals surface area contributed by atoms with Crippen LogP contribution < -0.4 is 0 Å². The Balaban J connectivity index is 2.06. The van der Waals surface area contributed by atoms with Crippen molar-refractivity contribution in [3.8, 4) is 0 Å². The molecule has 0 bridgehead atoms. The predicted molar refractivity (Wildman–Crippen MR) is 81.8 cm³/mol. The first-order chi connectivity index (χ1) is 8.09. The Morgan fingerprint density at radius 1 is 0.647 bits per heavy atom. The fourth-order valence-corrected chi connectivity index (χ4v) is 9.56. The molecule has 2 aliphatic carbocycles. The Labute approximate surface area is 110 Å². The van der Waals surface area contributed by atoms with Gasteiger partial charge in [-0.15, -0.1) is 0 Å². The molecule has 2 fully saturated rings. The van der Waals surface area contributed by atoms with Crippen LogP contribution in [0, 0.1) is 0 Å². The minimum absolute atomic E-state index is 0.161. The molecule has 0 amide bonds. The van der Waals surface area contributed by atoms with E-state index in [1.807, 2.05) is 0 Å². The summed E-state index contributed by atoms with van der Waals surface area (Å²) in [5.41, 5.74) is 2.30. The number of rotatable bonds is 2. The van der Waals surface area contributed by atoms with Crippen LogP contribution in [-0.4, -0.2) is 16.5 Å². The zero-order valence-corrected chi connectivity index (χ0v) is 13.2. The van der Waals surface area contributed by atoms with Crippen LogP contribution in [0.15, 0.2) is 0 Å². The zero-order valence-electron chi connectivity index (χ0n) is 12.2. The third-order valence-electron chi connectivity index (χ3n) is 4.96. The lowest BCUT2D eigenvalue weighted by atomic mass is 9.99. The molecule has 2 aliphatic rings. The molecule has 1 heteroatoms. The van der Waals surface area contributed by atoms with Gasteiger partial charge in [0.25, 0.3) is 0 Å². The van der Waals surface area contributed by atoms with Crippen LogP contribution in [0.5, 0.6) is 0 Å². The summed E-state index contributed by atoms with van der Waals surface area (Å²) in [4.78, 5) is 0. The maximum Gasteiger partial charge on any atom is 0.0698 e. The molecular weight excluding hydrogens is 223 g/mol. The van der Waals surface area contributed by atoms with Crippen LogP contribution in [0.1, 0.15) is 85.0 Å². The van der Waals surface area contributed by atoms with Gasteiger partial charge in [0.2, 0.25) is 0 Å². The van der Waals surface area contributed by atoms with E-state index < -0.39 is 0 Å². The van der Waals surface area contributed by atoms with Gasteiger partial charge in [0.05, 0.1) is 16.5 Å². The van der Waals surface area contributed by atoms with Crippen molar-refractivity contribution in [3.05, 3.63) is 0 Å². The summed E-state index contributed by atoms with van der Waals surface area (Å²) >= 11 is 0. The van der Waals surface area contributed by atoms with E-state index in [9.17, 15) is 0 Å². The van der Waals surface area contributed by atoms with Gasteiger partial charge in [0, 0.05) is 7.92 Å². The van der Waals surface area contributed by atoms with Crippen LogP contribution in [0.2, 0.25) is 0 Å². The Kier molecular flexibility index (Phi) is 4.93. The molecule has 17 heavy (non-hydrogen) atoms. The van der Waals surface area contributed by atoms with Gasteiger partial charge in [-0.25, -0.2) is 0 Å². The van der Waals surface area contributed by atoms with E-state index in [1.165, 1.54) is 38.5 Å². The van der Waals surface area contributed by atoms with Gasteiger partial charge in [-0.3, -0.25) is 0 Å². The van der Waals surface area contributed by atoms with E-state index in [1.54, 1.807) is 25.7 Å². The second-order valence-electron chi connectivity index (χ2n) is 7.38. The Morgan fingerprint density at radius 3 is 1.29 bits per heavy atom. The molecule has 0 aromatic rings. The summed E-state index contributed by atoms with van der Waals surface area (Å²) in [5, 5.41) is 0.634. The van der Waals surface area contributed by atoms with Crippen LogP contribution in [0.3, 0.4) is 0 Å². The minimum atomic E-state index is -0.161. The van der Waals surface area contributed by atoms with E-state index in [4.69, 9.17) is 0 Å². The lowest BCUT2D eigenvalue weighted by Gasteiger charge is -2.39. The summed E-state index contributed by atoms with van der Waals surface area (Å²) in [5.74, 6) is 0. The predicted octanol–water partition coefficient (Wildman–Crippen LogP) is 5.66. The first kappa shape index (κ1) is 13.9. The third kappa shape index (κ3) is 3.69. The highest BCUT2D eigenvalue weighted by Gasteiger charge is 2.44. The molecule has 0 unspecified atom stereocenters. The monoisotopic (exact) mass is 255 g/mol. The van der Waals surface area contributed by atoms with Gasteiger partial charge >= 0.3 is 0 Å². The smallest absolute Gasteiger partial charge is 0.0530 e. The highest BCUT2D eigenvalue weighted by Crippen LogP contribution is 2.63. The molecule has 2 rings (SSSR count). The van der Waals surface area contributed by atoms with Gasteiger partial charge in [-0.1, -0.05) is 12.8 Å². The Hall–Kier alpha value is 0.430. The lowest BCUT2D eigenvalue weighted by Crippen LogP contribution is -2.30. The molecule has 0 radical (unpaired) electrons. The molecular formula is C16H32P+. The fraction of sp³-hybridized carbons (Fsp3) is 1.00. The topological polar surface area (TPSA) is 0 Å². The molecule has 0 heterocycles. The molecule has 0 saturated heterocycles. The summed E-state index contributed by atoms with van der Waals surface area (Å²) in [6.07, 6.45) is 15.4. The Morgan fingerprint density at radius 2 is 1.00 bits per heavy atom. The summed E-state index contributed by atoms with van der Waals surface area (Å²) in [6, 6.07) is 0. The van der Waals surface area contributed by atoms with Gasteiger partial charge < -0.3 is 0 Å². The Bertz CT molecular complexity index is 198. The second kappa shape index (κ2) is 6.05. The average Bonchev–Trinajstić information content (AvgIpc) is 2.30. The average molecular weight is 255 g/mol. The summed E-state index contributed by atoms with van der Waals surface area (Å²) in [6.45, 7) is 7.64. The maximum absolute atomic E-state index is 2.55. The maximum atomic E-state index is 2.55. The van der Waals surface area contributed by atoms with E-state index in [0.717, 1.165) is 11.3 Å². The van der Waals surface area contributed by atoms with Gasteiger partial charge in [0.15, 0.2) is 0 Å². The standard InChI is InChI=1S/C16H31P/c1-16(2,3)17(14-10-6-4-7-11-14)15-12-8-5-9-13-15/h14-15H,4-13H2,1-3H3/p+1. The molecule has 0 aromatic heterocycles. The molecule has 0 nitrogen and oxygen atoms in total. The normalized spacial score (nSPS) is 25.4. The first-order valence-corrected chi connectivity index (χ1v) is 9.62. The molecule has 0 aromatic carbocycles. The van der Waals surface area contributed by atoms with E-state index >= 15 is 0 Å². The van der Waals surface area contributed by atoms with Crippen molar-refractivity contribution in [2.45, 2.75) is 101 Å². The largest absolute Gasteiger partial charge is 0.0698 e. The highest BCUT2D eigenvalue weighted by molar-refractivity contribution is 7.60. The van der Waals surface area contributed by atoms with Gasteiger partial charge in [-0.2, -0.15) is 0 Å². The van der Waals surface area contributed by atoms with Crippen molar-refractivity contribution in [2.75, 3.05) is 0 Å². The quantitative estimate of drug-likeness (QED) is 0.558. The van der Waals surface area contributed by atoms with E-state index in [2.05, 4.69) is 20.8 Å². The first-order valence-electron chi connectivity index (χ1n) is 7.96. The molecule has 2 saturated carbocycles. The van der Waals surface area contributed by atoms with E-state index in [-0.39, 0.29) is 7.92 Å². The number of hydrogen-bond acceptors (Lipinski definition) is 0. The van der Waals surface area contributed by atoms with Crippen LogP contribution in [0.4, 0.5) is 0 Å². The molecule has 0 aliphatic heterocycles. The van der Waals surface area contributed by atoms with Crippen molar-refractivity contribution >= 4 is 7.92 Å². The molecule has 0 N–H and O–H groups in total. The van der Waals surface area contributed by atoms with Crippen LogP contribution in [0.25, 0.3) is 0 Å². The van der Waals surface area contributed by atoms with Crippen LogP contribution in [-0.2, 0) is 0 Å². The lowest BCUT2D eigenvalue weighted by molar-refractivity contribution is 0.475. The number of hydrogen-bond donors (Lipinski definition) is 0. The van der Waals surface area contributed by atoms with Crippen molar-refractivity contribution in [2.24, 2.45) is 0 Å². The fourth-order valence-electron chi connectivity index (χ4n) is 4.39. The van der Waals surface area contributed by atoms with E-state index in [0.29, 0.717) is 5.16 Å². The third-order valence-corrected chi connectivity index (χ3v) is 9.60. The van der Waals surface area contributed by atoms with Gasteiger partial charge in [0.1, 0.15) is 0 Å². The zero-order chi connectivity index (χ0) is 12.3. The summed E-state index contributed by atoms with van der Waals surface area (Å²) < 4.78 is 0. The van der Waals surface area contributed by atoms with Crippen molar-refractivity contribution in [1.82, 2.24) is 0 Å². The van der Waals surface area contributed by atoms with Gasteiger partial charge in [-0.05, 0) is 72.1 Å². The van der Waals surface area contributed by atoms with Crippen molar-refractivity contribution in [3.63, 3.8) is 0 Å². The molecule has 0 spiro atoms. The molecule has 100 valence electrons. The second-order valence-corrected chi connectivity index (χ2v) is 11.4.